The molecule has 0 saturated carbocycles. The number of allylic oxidation sites excluding steroid dienone is 2. The van der Waals surface area contributed by atoms with E-state index < -0.39 is 12.1 Å². The average Bonchev–Trinajstić information content (AvgIpc) is 3.49. The number of esters is 1. The molecule has 6 nitrogen and oxygen atoms in total. The molecule has 0 aliphatic carbocycles. The first-order valence-corrected chi connectivity index (χ1v) is 38.4. The molecule has 0 aliphatic heterocycles. The van der Waals surface area contributed by atoms with Gasteiger partial charge in [-0.3, -0.25) is 9.59 Å². The Hall–Kier alpha value is -1.40. The van der Waals surface area contributed by atoms with E-state index in [9.17, 15) is 19.8 Å². The molecule has 0 spiro atoms. The summed E-state index contributed by atoms with van der Waals surface area (Å²) in [5.41, 5.74) is 0. The number of hydrogen-bond acceptors (Lipinski definition) is 5. The van der Waals surface area contributed by atoms with Gasteiger partial charge in [-0.05, 0) is 51.4 Å². The Kier molecular flexibility index (Phi) is 71.8. The van der Waals surface area contributed by atoms with Crippen molar-refractivity contribution in [3.8, 4) is 0 Å². The number of amides is 1. The lowest BCUT2D eigenvalue weighted by Gasteiger charge is -2.22. The van der Waals surface area contributed by atoms with Crippen LogP contribution in [-0.2, 0) is 14.3 Å². The van der Waals surface area contributed by atoms with Gasteiger partial charge in [0.15, 0.2) is 0 Å². The minimum absolute atomic E-state index is 0.0190. The smallest absolute Gasteiger partial charge is 0.305 e. The van der Waals surface area contributed by atoms with Crippen LogP contribution in [0.5, 0.6) is 0 Å². The zero-order valence-electron chi connectivity index (χ0n) is 56.7. The third-order valence-electron chi connectivity index (χ3n) is 18.3. The summed E-state index contributed by atoms with van der Waals surface area (Å²) >= 11 is 0. The molecule has 0 bridgehead atoms. The van der Waals surface area contributed by atoms with Crippen LogP contribution in [0.1, 0.15) is 444 Å². The molecular weight excluding hydrogens is 1020 g/mol. The molecule has 0 saturated heterocycles. The van der Waals surface area contributed by atoms with Crippen molar-refractivity contribution in [2.45, 2.75) is 456 Å². The second kappa shape index (κ2) is 73.1. The van der Waals surface area contributed by atoms with Crippen LogP contribution >= 0.6 is 0 Å². The van der Waals surface area contributed by atoms with Crippen LogP contribution in [0.25, 0.3) is 0 Å². The van der Waals surface area contributed by atoms with Crippen LogP contribution in [0.2, 0.25) is 0 Å². The monoisotopic (exact) mass is 1170 g/mol. The molecule has 2 unspecified atom stereocenters. The van der Waals surface area contributed by atoms with Crippen LogP contribution in [0.15, 0.2) is 12.2 Å². The number of hydrogen-bond donors (Lipinski definition) is 3. The van der Waals surface area contributed by atoms with Gasteiger partial charge in [-0.15, -0.1) is 0 Å². The van der Waals surface area contributed by atoms with Gasteiger partial charge in [0.05, 0.1) is 25.4 Å². The topological polar surface area (TPSA) is 95.9 Å². The molecule has 0 aromatic carbocycles. The Morgan fingerprint density at radius 1 is 0.325 bits per heavy atom. The molecule has 3 N–H and O–H groups in total. The second-order valence-corrected chi connectivity index (χ2v) is 26.7. The number of aliphatic hydroxyl groups is 2. The summed E-state index contributed by atoms with van der Waals surface area (Å²) in [6, 6.07) is -0.541. The number of carbonyl (C=O) groups is 2. The lowest BCUT2D eigenvalue weighted by atomic mass is 10.0. The molecule has 2 atom stereocenters. The lowest BCUT2D eigenvalue weighted by molar-refractivity contribution is -0.143. The van der Waals surface area contributed by atoms with Crippen molar-refractivity contribution in [3.05, 3.63) is 12.2 Å². The highest BCUT2D eigenvalue weighted by Crippen LogP contribution is 2.20. The normalized spacial score (nSPS) is 12.5. The fourth-order valence-corrected chi connectivity index (χ4v) is 12.5. The third kappa shape index (κ3) is 69.6. The molecule has 0 aliphatic rings. The minimum Gasteiger partial charge on any atom is -0.466 e. The van der Waals surface area contributed by atoms with Gasteiger partial charge in [0.1, 0.15) is 0 Å². The first kappa shape index (κ1) is 81.6. The first-order chi connectivity index (χ1) is 41.0. The average molecular weight is 1170 g/mol. The van der Waals surface area contributed by atoms with E-state index in [0.29, 0.717) is 25.9 Å². The summed E-state index contributed by atoms with van der Waals surface area (Å²) in [6.07, 6.45) is 91.5. The van der Waals surface area contributed by atoms with Crippen LogP contribution in [0.3, 0.4) is 0 Å². The quantitative estimate of drug-likeness (QED) is 0.0320. The number of unbranched alkanes of at least 4 members (excludes halogenated alkanes) is 60. The predicted octanol–water partition coefficient (Wildman–Crippen LogP) is 25.1. The van der Waals surface area contributed by atoms with Crippen molar-refractivity contribution in [1.82, 2.24) is 5.32 Å². The molecule has 1 amide bonds. The molecule has 0 aromatic heterocycles. The van der Waals surface area contributed by atoms with Crippen molar-refractivity contribution < 1.29 is 24.5 Å². The van der Waals surface area contributed by atoms with Gasteiger partial charge in [0.2, 0.25) is 5.91 Å². The summed E-state index contributed by atoms with van der Waals surface area (Å²) in [4.78, 5) is 24.6. The number of rotatable bonds is 73. The fraction of sp³-hybridized carbons (Fsp3) is 0.948. The van der Waals surface area contributed by atoms with Crippen molar-refractivity contribution >= 4 is 11.9 Å². The van der Waals surface area contributed by atoms with E-state index in [2.05, 4.69) is 31.3 Å². The van der Waals surface area contributed by atoms with Crippen LogP contribution in [0, 0.1) is 0 Å². The van der Waals surface area contributed by atoms with Gasteiger partial charge < -0.3 is 20.3 Å². The van der Waals surface area contributed by atoms with Crippen LogP contribution in [0.4, 0.5) is 0 Å². The first-order valence-electron chi connectivity index (χ1n) is 38.4. The lowest BCUT2D eigenvalue weighted by Crippen LogP contribution is -2.45. The standard InChI is InChI=1S/C77H151NO5/c1-3-5-7-9-11-13-15-17-18-19-20-21-22-31-34-37-40-43-46-49-53-57-61-65-69-75(80)74(73-79)78-76(81)70-66-62-58-54-50-47-44-41-38-35-32-29-27-25-23-24-26-28-30-33-36-39-42-45-48-52-56-60-64-68-72-83-77(82)71-67-63-59-55-51-16-14-12-10-8-6-4-2/h24,26,74-75,79-80H,3-23,25,27-73H2,1-2H3,(H,78,81)/b26-24-. The number of ether oxygens (including phenoxy) is 1. The summed E-state index contributed by atoms with van der Waals surface area (Å²) in [6.45, 7) is 5.00. The molecule has 0 fully saturated rings. The highest BCUT2D eigenvalue weighted by atomic mass is 16.5. The molecule has 0 rings (SSSR count). The molecule has 0 heterocycles. The molecule has 83 heavy (non-hydrogen) atoms. The van der Waals surface area contributed by atoms with E-state index >= 15 is 0 Å². The summed E-state index contributed by atoms with van der Waals surface area (Å²) in [7, 11) is 0. The number of aliphatic hydroxyl groups excluding tert-OH is 2. The van der Waals surface area contributed by atoms with Crippen LogP contribution in [-0.4, -0.2) is 47.4 Å². The van der Waals surface area contributed by atoms with Gasteiger partial charge in [0, 0.05) is 12.8 Å². The molecular formula is C77H151NO5. The van der Waals surface area contributed by atoms with Crippen molar-refractivity contribution in [2.24, 2.45) is 0 Å². The highest BCUT2D eigenvalue weighted by Gasteiger charge is 2.20. The SMILES string of the molecule is CCCCCCCCCCCCCCCCCCCCCCCCCCC(O)C(CO)NC(=O)CCCCCCCCCCCCCCCC/C=C\CCCCCCCCCCCCCCOC(=O)CCCCCCCCCCCCCC. The minimum atomic E-state index is -0.664. The summed E-state index contributed by atoms with van der Waals surface area (Å²) in [5.74, 6) is -0.00852. The maximum atomic E-state index is 12.6. The zero-order chi connectivity index (χ0) is 59.9. The van der Waals surface area contributed by atoms with E-state index in [-0.39, 0.29) is 18.5 Å². The zero-order valence-corrected chi connectivity index (χ0v) is 56.7. The second-order valence-electron chi connectivity index (χ2n) is 26.7. The van der Waals surface area contributed by atoms with Gasteiger partial charge >= 0.3 is 5.97 Å². The van der Waals surface area contributed by atoms with E-state index in [0.717, 1.165) is 38.5 Å². The van der Waals surface area contributed by atoms with Crippen molar-refractivity contribution in [3.63, 3.8) is 0 Å². The van der Waals surface area contributed by atoms with Gasteiger partial charge in [-0.2, -0.15) is 0 Å². The maximum Gasteiger partial charge on any atom is 0.305 e. The molecule has 0 radical (unpaired) electrons. The predicted molar refractivity (Wildman–Crippen MR) is 366 cm³/mol. The fourth-order valence-electron chi connectivity index (χ4n) is 12.5. The van der Waals surface area contributed by atoms with E-state index in [1.165, 1.54) is 372 Å². The Balaban J connectivity index is 3.36. The van der Waals surface area contributed by atoms with Gasteiger partial charge in [0.25, 0.3) is 0 Å². The Bertz CT molecular complexity index is 1260. The molecule has 6 heteroatoms. The molecule has 0 aromatic rings. The van der Waals surface area contributed by atoms with E-state index in [4.69, 9.17) is 4.74 Å². The Morgan fingerprint density at radius 2 is 0.566 bits per heavy atom. The third-order valence-corrected chi connectivity index (χ3v) is 18.3. The molecule has 494 valence electrons. The summed E-state index contributed by atoms with van der Waals surface area (Å²) in [5, 5.41) is 23.5. The largest absolute Gasteiger partial charge is 0.466 e. The van der Waals surface area contributed by atoms with E-state index in [1.54, 1.807) is 0 Å². The van der Waals surface area contributed by atoms with E-state index in [1.807, 2.05) is 0 Å². The van der Waals surface area contributed by atoms with Gasteiger partial charge in [-0.25, -0.2) is 0 Å². The van der Waals surface area contributed by atoms with Gasteiger partial charge in [-0.1, -0.05) is 392 Å². The Morgan fingerprint density at radius 3 is 0.855 bits per heavy atom. The van der Waals surface area contributed by atoms with Crippen molar-refractivity contribution in [1.29, 1.82) is 0 Å². The Labute approximate surface area is 520 Å². The van der Waals surface area contributed by atoms with Crippen LogP contribution < -0.4 is 5.32 Å². The maximum absolute atomic E-state index is 12.6. The summed E-state index contributed by atoms with van der Waals surface area (Å²) < 4.78 is 5.49. The number of nitrogens with one attached hydrogen (secondary N) is 1. The number of carbonyl (C=O) groups excluding carboxylic acids is 2. The highest BCUT2D eigenvalue weighted by molar-refractivity contribution is 5.76. The van der Waals surface area contributed by atoms with Crippen molar-refractivity contribution in [2.75, 3.05) is 13.2 Å².